The van der Waals surface area contributed by atoms with E-state index in [9.17, 15) is 9.90 Å². The van der Waals surface area contributed by atoms with Gasteiger partial charge in [0.1, 0.15) is 0 Å². The lowest BCUT2D eigenvalue weighted by molar-refractivity contribution is 0.190. The highest BCUT2D eigenvalue weighted by Crippen LogP contribution is 2.34. The van der Waals surface area contributed by atoms with E-state index < -0.39 is 0 Å². The number of nitrogens with zero attached hydrogens (tertiary/aromatic N) is 3. The maximum atomic E-state index is 12.9. The number of fused-ring (bicyclic) bond motifs is 1. The normalized spacial score (nSPS) is 11.3. The van der Waals surface area contributed by atoms with Crippen LogP contribution in [0.1, 0.15) is 12.0 Å². The number of hydrazone groups is 1. The molecule has 0 unspecified atom stereocenters. The molecule has 0 radical (unpaired) electrons. The number of rotatable bonds is 8. The third-order valence-electron chi connectivity index (χ3n) is 4.24. The van der Waals surface area contributed by atoms with Crippen molar-refractivity contribution in [1.82, 2.24) is 9.55 Å². The topological polar surface area (TPSA) is 98.0 Å². The number of hydrogen-bond acceptors (Lipinski definition) is 7. The van der Waals surface area contributed by atoms with Gasteiger partial charge in [0.2, 0.25) is 5.95 Å². The Morgan fingerprint density at radius 2 is 2.10 bits per heavy atom. The molecule has 152 valence electrons. The summed E-state index contributed by atoms with van der Waals surface area (Å²) < 4.78 is 11.7. The molecule has 2 N–H and O–H groups in total. The van der Waals surface area contributed by atoms with E-state index >= 15 is 0 Å². The molecule has 0 amide bonds. The van der Waals surface area contributed by atoms with Gasteiger partial charge < -0.3 is 14.6 Å². The van der Waals surface area contributed by atoms with Gasteiger partial charge in [-0.2, -0.15) is 5.10 Å². The first-order valence-electron chi connectivity index (χ1n) is 8.89. The zero-order valence-electron chi connectivity index (χ0n) is 16.1. The first kappa shape index (κ1) is 20.6. The van der Waals surface area contributed by atoms with E-state index in [0.717, 1.165) is 0 Å². The number of phenols is 1. The van der Waals surface area contributed by atoms with Gasteiger partial charge in [-0.15, -0.1) is 0 Å². The number of anilines is 1. The summed E-state index contributed by atoms with van der Waals surface area (Å²) in [5.74, 6) is 0.416. The van der Waals surface area contributed by atoms with Crippen LogP contribution in [0.5, 0.6) is 11.5 Å². The van der Waals surface area contributed by atoms with E-state index in [2.05, 4.69) is 15.5 Å². The molecular formula is C20H21ClN4O4. The minimum atomic E-state index is -0.154. The first-order chi connectivity index (χ1) is 14.0. The molecule has 0 fully saturated rings. The van der Waals surface area contributed by atoms with Crippen molar-refractivity contribution in [2.75, 3.05) is 26.3 Å². The second-order valence-corrected chi connectivity index (χ2v) is 6.59. The second kappa shape index (κ2) is 9.40. The Kier molecular flexibility index (Phi) is 6.69. The summed E-state index contributed by atoms with van der Waals surface area (Å²) in [6.45, 7) is 0.953. The molecule has 0 aliphatic rings. The van der Waals surface area contributed by atoms with Crippen molar-refractivity contribution in [2.24, 2.45) is 5.10 Å². The molecule has 8 nitrogen and oxygen atoms in total. The summed E-state index contributed by atoms with van der Waals surface area (Å²) in [5, 5.41) is 14.7. The summed E-state index contributed by atoms with van der Waals surface area (Å²) in [7, 11) is 3.05. The fourth-order valence-electron chi connectivity index (χ4n) is 2.82. The van der Waals surface area contributed by atoms with Gasteiger partial charge in [-0.25, -0.2) is 10.4 Å². The molecule has 0 saturated carbocycles. The molecule has 29 heavy (non-hydrogen) atoms. The smallest absolute Gasteiger partial charge is 0.262 e. The standard InChI is InChI=1S/C20H21ClN4O4/c1-28-9-5-8-25-19(27)14-6-3-4-7-16(14)23-20(25)24-22-12-13-10-15(21)18(26)17(11-13)29-2/h3-4,6-7,10-12,26H,5,8-9H2,1-2H3,(H,23,24)/b22-12+. The van der Waals surface area contributed by atoms with E-state index in [1.54, 1.807) is 37.4 Å². The lowest BCUT2D eigenvalue weighted by Gasteiger charge is -2.12. The van der Waals surface area contributed by atoms with Crippen LogP contribution in [0.4, 0.5) is 5.95 Å². The first-order valence-corrected chi connectivity index (χ1v) is 9.27. The average Bonchev–Trinajstić information content (AvgIpc) is 2.72. The highest BCUT2D eigenvalue weighted by Gasteiger charge is 2.11. The van der Waals surface area contributed by atoms with Crippen molar-refractivity contribution in [3.63, 3.8) is 0 Å². The third-order valence-corrected chi connectivity index (χ3v) is 4.53. The molecule has 0 spiro atoms. The zero-order valence-corrected chi connectivity index (χ0v) is 16.8. The summed E-state index contributed by atoms with van der Waals surface area (Å²) >= 11 is 5.99. The lowest BCUT2D eigenvalue weighted by Crippen LogP contribution is -2.24. The largest absolute Gasteiger partial charge is 0.503 e. The van der Waals surface area contributed by atoms with Gasteiger partial charge in [0.25, 0.3) is 5.56 Å². The van der Waals surface area contributed by atoms with Crippen LogP contribution in [0, 0.1) is 0 Å². The number of halogens is 1. The minimum absolute atomic E-state index is 0.137. The summed E-state index contributed by atoms with van der Waals surface area (Å²) in [6.07, 6.45) is 2.15. The number of benzene rings is 2. The lowest BCUT2D eigenvalue weighted by atomic mass is 10.2. The van der Waals surface area contributed by atoms with Crippen LogP contribution in [0.25, 0.3) is 10.9 Å². The predicted molar refractivity (Wildman–Crippen MR) is 113 cm³/mol. The van der Waals surface area contributed by atoms with Gasteiger partial charge in [-0.1, -0.05) is 23.7 Å². The Labute approximate surface area is 172 Å². The Bertz CT molecular complexity index is 1100. The van der Waals surface area contributed by atoms with E-state index in [0.29, 0.717) is 42.0 Å². The number of hydrogen-bond donors (Lipinski definition) is 2. The molecule has 0 saturated heterocycles. The molecule has 2 aromatic carbocycles. The number of phenolic OH excluding ortho intramolecular Hbond substituents is 1. The van der Waals surface area contributed by atoms with Crippen molar-refractivity contribution in [3.8, 4) is 11.5 Å². The van der Waals surface area contributed by atoms with Crippen LogP contribution in [0.2, 0.25) is 5.02 Å². The monoisotopic (exact) mass is 416 g/mol. The van der Waals surface area contributed by atoms with Crippen molar-refractivity contribution in [3.05, 3.63) is 57.3 Å². The van der Waals surface area contributed by atoms with E-state index in [1.165, 1.54) is 17.9 Å². The number of methoxy groups -OCH3 is 2. The van der Waals surface area contributed by atoms with Gasteiger partial charge in [0.15, 0.2) is 11.5 Å². The molecule has 0 aliphatic heterocycles. The number of ether oxygens (including phenoxy) is 2. The van der Waals surface area contributed by atoms with Crippen molar-refractivity contribution in [1.29, 1.82) is 0 Å². The Balaban J connectivity index is 1.92. The van der Waals surface area contributed by atoms with Crippen LogP contribution >= 0.6 is 11.6 Å². The molecule has 0 aliphatic carbocycles. The summed E-state index contributed by atoms with van der Waals surface area (Å²) in [4.78, 5) is 17.4. The third kappa shape index (κ3) is 4.67. The second-order valence-electron chi connectivity index (χ2n) is 6.18. The highest BCUT2D eigenvalue weighted by molar-refractivity contribution is 6.32. The number of aromatic nitrogens is 2. The van der Waals surface area contributed by atoms with Crippen molar-refractivity contribution >= 4 is 34.7 Å². The molecule has 3 rings (SSSR count). The van der Waals surface area contributed by atoms with Crippen LogP contribution in [0.15, 0.2) is 46.3 Å². The van der Waals surface area contributed by atoms with Crippen molar-refractivity contribution < 1.29 is 14.6 Å². The highest BCUT2D eigenvalue weighted by atomic mass is 35.5. The van der Waals surface area contributed by atoms with Crippen LogP contribution in [-0.4, -0.2) is 41.7 Å². The SMILES string of the molecule is COCCCn1c(N/N=C/c2cc(Cl)c(O)c(OC)c2)nc2ccccc2c1=O. The molecule has 1 heterocycles. The maximum absolute atomic E-state index is 12.9. The van der Waals surface area contributed by atoms with Crippen LogP contribution in [0.3, 0.4) is 0 Å². The fraction of sp³-hybridized carbons (Fsp3) is 0.250. The van der Waals surface area contributed by atoms with Crippen LogP contribution < -0.4 is 15.7 Å². The van der Waals surface area contributed by atoms with Gasteiger partial charge in [0.05, 0.1) is 29.2 Å². The van der Waals surface area contributed by atoms with Gasteiger partial charge in [-0.3, -0.25) is 9.36 Å². The molecule has 1 aromatic heterocycles. The van der Waals surface area contributed by atoms with Gasteiger partial charge in [0, 0.05) is 20.3 Å². The Hall–Kier alpha value is -3.10. The summed E-state index contributed by atoms with van der Waals surface area (Å²) in [6, 6.07) is 10.3. The quantitative estimate of drug-likeness (QED) is 0.332. The van der Waals surface area contributed by atoms with Gasteiger partial charge in [-0.05, 0) is 36.2 Å². The van der Waals surface area contributed by atoms with E-state index in [-0.39, 0.29) is 22.1 Å². The number of aromatic hydroxyl groups is 1. The van der Waals surface area contributed by atoms with Crippen LogP contribution in [-0.2, 0) is 11.3 Å². The Morgan fingerprint density at radius 3 is 2.86 bits per heavy atom. The molecule has 0 atom stereocenters. The molecule has 0 bridgehead atoms. The maximum Gasteiger partial charge on any atom is 0.262 e. The average molecular weight is 417 g/mol. The number of nitrogens with one attached hydrogen (secondary N) is 1. The molecular weight excluding hydrogens is 396 g/mol. The predicted octanol–water partition coefficient (Wildman–Crippen LogP) is 3.25. The van der Waals surface area contributed by atoms with E-state index in [4.69, 9.17) is 21.1 Å². The fourth-order valence-corrected chi connectivity index (χ4v) is 3.04. The van der Waals surface area contributed by atoms with Gasteiger partial charge >= 0.3 is 0 Å². The molecule has 3 aromatic rings. The summed E-state index contributed by atoms with van der Waals surface area (Å²) in [5.41, 5.74) is 3.85. The Morgan fingerprint density at radius 1 is 1.31 bits per heavy atom. The van der Waals surface area contributed by atoms with Crippen molar-refractivity contribution in [2.45, 2.75) is 13.0 Å². The molecule has 9 heteroatoms. The van der Waals surface area contributed by atoms with E-state index in [1.807, 2.05) is 6.07 Å². The number of para-hydroxylation sites is 1. The zero-order chi connectivity index (χ0) is 20.8. The minimum Gasteiger partial charge on any atom is -0.503 e.